The zero-order valence-corrected chi connectivity index (χ0v) is 18.6. The van der Waals surface area contributed by atoms with E-state index in [1.54, 1.807) is 30.3 Å². The molecular formula is C25H19BrO5. The number of ether oxygens (including phenoxy) is 2. The summed E-state index contributed by atoms with van der Waals surface area (Å²) in [7, 11) is 1.24. The molecule has 156 valence electrons. The molecule has 0 radical (unpaired) electrons. The minimum atomic E-state index is -1.70. The molecule has 3 aromatic rings. The number of fused-ring (bicyclic) bond motifs is 5. The van der Waals surface area contributed by atoms with E-state index >= 15 is 0 Å². The molecule has 3 atom stereocenters. The molecule has 31 heavy (non-hydrogen) atoms. The first-order valence-corrected chi connectivity index (χ1v) is 10.9. The normalized spacial score (nSPS) is 25.9. The molecule has 1 heterocycles. The Kier molecular flexibility index (Phi) is 4.35. The number of Topliss-reactive ketones (excluding diaryl/α,β-unsaturated/α-hetero) is 1. The average Bonchev–Trinajstić information content (AvgIpc) is 3.44. The van der Waals surface area contributed by atoms with E-state index < -0.39 is 28.7 Å². The topological polar surface area (TPSA) is 69.7 Å². The number of hydrogen-bond acceptors (Lipinski definition) is 5. The van der Waals surface area contributed by atoms with E-state index in [1.807, 2.05) is 37.3 Å². The van der Waals surface area contributed by atoms with Crippen LogP contribution in [0.1, 0.15) is 35.2 Å². The molecule has 0 saturated heterocycles. The van der Waals surface area contributed by atoms with Crippen LogP contribution in [0.3, 0.4) is 0 Å². The molecule has 2 aliphatic rings. The fraction of sp³-hybridized carbons (Fsp3) is 0.240. The van der Waals surface area contributed by atoms with Gasteiger partial charge in [-0.3, -0.25) is 14.4 Å². The molecule has 0 aromatic heterocycles. The lowest BCUT2D eigenvalue weighted by Gasteiger charge is -2.23. The number of halogens is 1. The first kappa shape index (κ1) is 19.9. The van der Waals surface area contributed by atoms with Crippen molar-refractivity contribution < 1.29 is 23.9 Å². The number of rotatable bonds is 4. The van der Waals surface area contributed by atoms with Crippen LogP contribution in [-0.4, -0.2) is 24.8 Å². The fourth-order valence-electron chi connectivity index (χ4n) is 5.50. The van der Waals surface area contributed by atoms with E-state index in [-0.39, 0.29) is 5.78 Å². The van der Waals surface area contributed by atoms with Gasteiger partial charge in [0.05, 0.1) is 12.5 Å². The second-order valence-electron chi connectivity index (χ2n) is 7.98. The summed E-state index contributed by atoms with van der Waals surface area (Å²) in [5.41, 5.74) is -1.81. The summed E-state index contributed by atoms with van der Waals surface area (Å²) >= 11 is 3.38. The molecule has 0 spiro atoms. The molecule has 1 aliphatic carbocycles. The smallest absolute Gasteiger partial charge is 0.330 e. The van der Waals surface area contributed by atoms with E-state index in [2.05, 4.69) is 15.9 Å². The molecule has 3 aromatic carbocycles. The van der Waals surface area contributed by atoms with Gasteiger partial charge in [-0.15, -0.1) is 0 Å². The zero-order chi connectivity index (χ0) is 22.0. The van der Waals surface area contributed by atoms with Crippen molar-refractivity contribution in [3.05, 3.63) is 76.3 Å². The minimum Gasteiger partial charge on any atom is -0.468 e. The van der Waals surface area contributed by atoms with Gasteiger partial charge in [-0.05, 0) is 35.4 Å². The number of ketones is 1. The molecule has 1 saturated carbocycles. The van der Waals surface area contributed by atoms with Crippen molar-refractivity contribution in [3.8, 4) is 5.75 Å². The Morgan fingerprint density at radius 3 is 2.45 bits per heavy atom. The predicted molar refractivity (Wildman–Crippen MR) is 118 cm³/mol. The third kappa shape index (κ3) is 2.34. The highest BCUT2D eigenvalue weighted by molar-refractivity contribution is 9.10. The maximum absolute atomic E-state index is 13.9. The molecule has 0 amide bonds. The lowest BCUT2D eigenvalue weighted by Crippen LogP contribution is -2.40. The maximum Gasteiger partial charge on any atom is 0.330 e. The SMILES string of the molecule is CC[C@]1(C(=O)c2ccc(Br)cc2)[C@H]2c3c(ccc4ccccc34)OC(=O)[C@@]21C(=O)OC. The Balaban J connectivity index is 1.81. The van der Waals surface area contributed by atoms with Crippen molar-refractivity contribution in [1.29, 1.82) is 0 Å². The molecule has 6 heteroatoms. The van der Waals surface area contributed by atoms with Gasteiger partial charge in [0.15, 0.2) is 11.2 Å². The number of carbonyl (C=O) groups excluding carboxylic acids is 3. The monoisotopic (exact) mass is 478 g/mol. The van der Waals surface area contributed by atoms with Crippen LogP contribution in [0.5, 0.6) is 5.75 Å². The highest BCUT2D eigenvalue weighted by Gasteiger charge is 2.90. The molecule has 1 aliphatic heterocycles. The molecule has 0 unspecified atom stereocenters. The van der Waals surface area contributed by atoms with Crippen LogP contribution in [0.15, 0.2) is 65.1 Å². The predicted octanol–water partition coefficient (Wildman–Crippen LogP) is 5.06. The van der Waals surface area contributed by atoms with E-state index in [4.69, 9.17) is 9.47 Å². The summed E-state index contributed by atoms with van der Waals surface area (Å²) in [4.78, 5) is 40.4. The van der Waals surface area contributed by atoms with Gasteiger partial charge < -0.3 is 9.47 Å². The maximum atomic E-state index is 13.9. The van der Waals surface area contributed by atoms with Crippen LogP contribution in [0.4, 0.5) is 0 Å². The number of esters is 2. The van der Waals surface area contributed by atoms with Crippen LogP contribution >= 0.6 is 15.9 Å². The summed E-state index contributed by atoms with van der Waals surface area (Å²) in [6, 6.07) is 18.3. The van der Waals surface area contributed by atoms with Crippen molar-refractivity contribution in [1.82, 2.24) is 0 Å². The summed E-state index contributed by atoms with van der Waals surface area (Å²) in [6.07, 6.45) is 0.291. The molecule has 5 nitrogen and oxygen atoms in total. The first-order valence-electron chi connectivity index (χ1n) is 10.1. The van der Waals surface area contributed by atoms with E-state index in [1.165, 1.54) is 7.11 Å². The van der Waals surface area contributed by atoms with Gasteiger partial charge in [0.25, 0.3) is 0 Å². The Morgan fingerprint density at radius 2 is 1.77 bits per heavy atom. The quantitative estimate of drug-likeness (QED) is 0.227. The summed E-state index contributed by atoms with van der Waals surface area (Å²) in [5.74, 6) is -1.97. The second-order valence-corrected chi connectivity index (χ2v) is 8.90. The summed E-state index contributed by atoms with van der Waals surface area (Å²) in [6.45, 7) is 1.83. The summed E-state index contributed by atoms with van der Waals surface area (Å²) < 4.78 is 11.6. The molecule has 5 rings (SSSR count). The minimum absolute atomic E-state index is 0.254. The Morgan fingerprint density at radius 1 is 1.06 bits per heavy atom. The van der Waals surface area contributed by atoms with Crippen LogP contribution in [0, 0.1) is 10.8 Å². The van der Waals surface area contributed by atoms with Crippen molar-refractivity contribution in [3.63, 3.8) is 0 Å². The van der Waals surface area contributed by atoms with Gasteiger partial charge in [-0.2, -0.15) is 0 Å². The van der Waals surface area contributed by atoms with Crippen LogP contribution in [0.25, 0.3) is 10.8 Å². The molecule has 0 N–H and O–H groups in total. The van der Waals surface area contributed by atoms with Crippen LogP contribution in [-0.2, 0) is 14.3 Å². The Hall–Kier alpha value is -2.99. The van der Waals surface area contributed by atoms with E-state index in [0.717, 1.165) is 20.8 Å². The summed E-state index contributed by atoms with van der Waals surface area (Å²) in [5, 5.41) is 1.82. The Labute approximate surface area is 187 Å². The molecule has 1 fully saturated rings. The largest absolute Gasteiger partial charge is 0.468 e. The van der Waals surface area contributed by atoms with Crippen molar-refractivity contribution in [2.45, 2.75) is 19.3 Å². The number of benzene rings is 3. The van der Waals surface area contributed by atoms with Crippen LogP contribution in [0.2, 0.25) is 0 Å². The lowest BCUT2D eigenvalue weighted by molar-refractivity contribution is -0.160. The average molecular weight is 479 g/mol. The fourth-order valence-corrected chi connectivity index (χ4v) is 5.76. The lowest BCUT2D eigenvalue weighted by atomic mass is 9.83. The zero-order valence-electron chi connectivity index (χ0n) is 17.0. The third-order valence-electron chi connectivity index (χ3n) is 6.87. The van der Waals surface area contributed by atoms with E-state index in [9.17, 15) is 14.4 Å². The highest BCUT2D eigenvalue weighted by Crippen LogP contribution is 2.80. The van der Waals surface area contributed by atoms with Gasteiger partial charge in [-0.1, -0.05) is 65.3 Å². The first-order chi connectivity index (χ1) is 14.9. The standard InChI is InChI=1S/C25H19BrO5/c1-3-24(21(27)15-8-11-16(26)12-9-15)20-19-17-7-5-4-6-14(17)10-13-18(19)31-23(29)25(20,24)22(28)30-2/h4-13,20H,3H2,1-2H3/t20-,24-,25+/m1/s1. The van der Waals surface area contributed by atoms with Crippen molar-refractivity contribution >= 4 is 44.4 Å². The van der Waals surface area contributed by atoms with Crippen LogP contribution < -0.4 is 4.74 Å². The van der Waals surface area contributed by atoms with Gasteiger partial charge in [-0.25, -0.2) is 0 Å². The van der Waals surface area contributed by atoms with Crippen molar-refractivity contribution in [2.24, 2.45) is 10.8 Å². The van der Waals surface area contributed by atoms with Crippen molar-refractivity contribution in [2.75, 3.05) is 7.11 Å². The second kappa shape index (κ2) is 6.76. The number of carbonyl (C=O) groups is 3. The number of methoxy groups -OCH3 is 1. The third-order valence-corrected chi connectivity index (χ3v) is 7.40. The van der Waals surface area contributed by atoms with Gasteiger partial charge in [0.2, 0.25) is 0 Å². The molecule has 0 bridgehead atoms. The number of hydrogen-bond donors (Lipinski definition) is 0. The van der Waals surface area contributed by atoms with E-state index in [0.29, 0.717) is 17.7 Å². The van der Waals surface area contributed by atoms with Gasteiger partial charge in [0, 0.05) is 21.5 Å². The highest BCUT2D eigenvalue weighted by atomic mass is 79.9. The van der Waals surface area contributed by atoms with Gasteiger partial charge in [0.1, 0.15) is 5.75 Å². The van der Waals surface area contributed by atoms with Gasteiger partial charge >= 0.3 is 11.9 Å². The molecular weight excluding hydrogens is 460 g/mol. The Bertz CT molecular complexity index is 1260.